The van der Waals surface area contributed by atoms with Crippen molar-refractivity contribution >= 4 is 16.9 Å². The Morgan fingerprint density at radius 2 is 2.05 bits per heavy atom. The number of nitrogens with one attached hydrogen (secondary N) is 3. The van der Waals surface area contributed by atoms with Crippen molar-refractivity contribution in [1.29, 1.82) is 0 Å². The molecule has 0 atom stereocenters. The van der Waals surface area contributed by atoms with Crippen molar-refractivity contribution < 1.29 is 0 Å². The van der Waals surface area contributed by atoms with E-state index in [1.807, 2.05) is 7.05 Å². The molecule has 0 bridgehead atoms. The molecule has 0 aliphatic heterocycles. The third-order valence-electron chi connectivity index (χ3n) is 3.66. The minimum atomic E-state index is 0.882. The minimum Gasteiger partial charge on any atom is -0.361 e. The summed E-state index contributed by atoms with van der Waals surface area (Å²) in [5.41, 5.74) is 3.85. The van der Waals surface area contributed by atoms with Crippen LogP contribution in [0.2, 0.25) is 0 Å². The van der Waals surface area contributed by atoms with Crippen LogP contribution >= 0.6 is 0 Å². The van der Waals surface area contributed by atoms with Crippen LogP contribution in [-0.4, -0.2) is 31.1 Å². The summed E-state index contributed by atoms with van der Waals surface area (Å²) in [6.07, 6.45) is 5.46. The Morgan fingerprint density at radius 3 is 2.81 bits per heavy atom. The normalized spacial score (nSPS) is 11.9. The lowest BCUT2D eigenvalue weighted by atomic mass is 10.1. The Labute approximate surface area is 127 Å². The first-order valence-corrected chi connectivity index (χ1v) is 7.75. The van der Waals surface area contributed by atoms with Crippen LogP contribution in [0.25, 0.3) is 10.9 Å². The average Bonchev–Trinajstić information content (AvgIpc) is 2.88. The molecule has 1 heterocycles. The van der Waals surface area contributed by atoms with Crippen molar-refractivity contribution in [2.45, 2.75) is 33.1 Å². The van der Waals surface area contributed by atoms with Gasteiger partial charge in [0.15, 0.2) is 5.96 Å². The van der Waals surface area contributed by atoms with Crippen molar-refractivity contribution in [3.05, 3.63) is 35.5 Å². The molecular formula is C17H26N4. The number of hydrogen-bond donors (Lipinski definition) is 3. The molecule has 3 N–H and O–H groups in total. The molecule has 0 saturated carbocycles. The van der Waals surface area contributed by atoms with Gasteiger partial charge in [-0.15, -0.1) is 0 Å². The number of aromatic nitrogens is 1. The van der Waals surface area contributed by atoms with Gasteiger partial charge in [0, 0.05) is 37.2 Å². The molecule has 4 nitrogen and oxygen atoms in total. The van der Waals surface area contributed by atoms with Gasteiger partial charge in [-0.05, 0) is 37.0 Å². The largest absolute Gasteiger partial charge is 0.361 e. The number of aryl methyl sites for hydroxylation is 1. The first-order valence-electron chi connectivity index (χ1n) is 7.75. The van der Waals surface area contributed by atoms with Gasteiger partial charge in [-0.25, -0.2) is 0 Å². The highest BCUT2D eigenvalue weighted by Crippen LogP contribution is 2.19. The molecule has 2 rings (SSSR count). The third-order valence-corrected chi connectivity index (χ3v) is 3.66. The van der Waals surface area contributed by atoms with Crippen molar-refractivity contribution in [2.24, 2.45) is 4.99 Å². The topological polar surface area (TPSA) is 52.2 Å². The van der Waals surface area contributed by atoms with E-state index in [-0.39, 0.29) is 0 Å². The third kappa shape index (κ3) is 4.25. The number of rotatable bonds is 6. The van der Waals surface area contributed by atoms with Gasteiger partial charge in [0.2, 0.25) is 0 Å². The number of fused-ring (bicyclic) bond motifs is 1. The molecule has 0 saturated heterocycles. The summed E-state index contributed by atoms with van der Waals surface area (Å²) in [7, 11) is 1.82. The fourth-order valence-electron chi connectivity index (χ4n) is 2.43. The van der Waals surface area contributed by atoms with Crippen LogP contribution < -0.4 is 10.6 Å². The molecule has 4 heteroatoms. The van der Waals surface area contributed by atoms with Crippen LogP contribution in [-0.2, 0) is 6.42 Å². The Morgan fingerprint density at radius 1 is 1.24 bits per heavy atom. The van der Waals surface area contributed by atoms with E-state index in [9.17, 15) is 0 Å². The molecular weight excluding hydrogens is 260 g/mol. The summed E-state index contributed by atoms with van der Waals surface area (Å²) in [5.74, 6) is 0.888. The van der Waals surface area contributed by atoms with Crippen LogP contribution in [0.15, 0.2) is 29.4 Å². The zero-order valence-electron chi connectivity index (χ0n) is 13.3. The van der Waals surface area contributed by atoms with Gasteiger partial charge in [-0.1, -0.05) is 25.5 Å². The predicted molar refractivity (Wildman–Crippen MR) is 91.0 cm³/mol. The number of nitrogens with zero attached hydrogens (tertiary/aromatic N) is 1. The van der Waals surface area contributed by atoms with Crippen molar-refractivity contribution in [3.8, 4) is 0 Å². The Kier molecular flexibility index (Phi) is 5.67. The van der Waals surface area contributed by atoms with Crippen molar-refractivity contribution in [2.75, 3.05) is 20.1 Å². The second-order valence-corrected chi connectivity index (χ2v) is 5.39. The molecule has 0 spiro atoms. The number of benzene rings is 1. The maximum Gasteiger partial charge on any atom is 0.190 e. The summed E-state index contributed by atoms with van der Waals surface area (Å²) in [5, 5.41) is 8.01. The smallest absolute Gasteiger partial charge is 0.190 e. The molecule has 0 aliphatic carbocycles. The zero-order chi connectivity index (χ0) is 15.1. The molecule has 2 aromatic rings. The summed E-state index contributed by atoms with van der Waals surface area (Å²) >= 11 is 0. The van der Waals surface area contributed by atoms with Gasteiger partial charge in [0.05, 0.1) is 0 Å². The molecule has 21 heavy (non-hydrogen) atoms. The van der Waals surface area contributed by atoms with E-state index in [4.69, 9.17) is 0 Å². The van der Waals surface area contributed by atoms with Crippen LogP contribution in [0.4, 0.5) is 0 Å². The van der Waals surface area contributed by atoms with Crippen molar-refractivity contribution in [1.82, 2.24) is 15.6 Å². The Balaban J connectivity index is 1.87. The monoisotopic (exact) mass is 286 g/mol. The maximum absolute atomic E-state index is 4.24. The fourth-order valence-corrected chi connectivity index (χ4v) is 2.43. The van der Waals surface area contributed by atoms with Crippen molar-refractivity contribution in [3.63, 3.8) is 0 Å². The molecule has 1 aromatic carbocycles. The van der Waals surface area contributed by atoms with Gasteiger partial charge in [0.1, 0.15) is 0 Å². The quantitative estimate of drug-likeness (QED) is 0.434. The Bertz CT molecular complexity index is 598. The van der Waals surface area contributed by atoms with E-state index in [0.29, 0.717) is 0 Å². The molecule has 1 aromatic heterocycles. The second kappa shape index (κ2) is 7.72. The van der Waals surface area contributed by atoms with E-state index in [0.717, 1.165) is 25.5 Å². The average molecular weight is 286 g/mol. The first-order chi connectivity index (χ1) is 10.2. The highest BCUT2D eigenvalue weighted by molar-refractivity contribution is 5.84. The van der Waals surface area contributed by atoms with E-state index >= 15 is 0 Å². The van der Waals surface area contributed by atoms with Gasteiger partial charge in [0.25, 0.3) is 0 Å². The summed E-state index contributed by atoms with van der Waals surface area (Å²) in [4.78, 5) is 7.59. The maximum atomic E-state index is 4.24. The predicted octanol–water partition coefficient (Wildman–Crippen LogP) is 2.98. The van der Waals surface area contributed by atoms with E-state index in [2.05, 4.69) is 58.9 Å². The van der Waals surface area contributed by atoms with E-state index in [1.165, 1.54) is 34.9 Å². The highest BCUT2D eigenvalue weighted by atomic mass is 15.2. The number of unbranched alkanes of at least 4 members (excludes halogenated alkanes) is 1. The summed E-state index contributed by atoms with van der Waals surface area (Å²) < 4.78 is 0. The number of guanidine groups is 1. The number of aromatic amines is 1. The molecule has 0 radical (unpaired) electrons. The van der Waals surface area contributed by atoms with Crippen LogP contribution in [0.3, 0.4) is 0 Å². The van der Waals surface area contributed by atoms with Gasteiger partial charge >= 0.3 is 0 Å². The minimum absolute atomic E-state index is 0.882. The highest BCUT2D eigenvalue weighted by Gasteiger charge is 2.04. The standard InChI is InChI=1S/C17H26N4/c1-4-5-9-19-17(18-3)20-10-8-14-12-21-16-11-13(2)6-7-15(14)16/h6-7,11-12,21H,4-5,8-10H2,1-3H3,(H2,18,19,20). The fraction of sp³-hybridized carbons (Fsp3) is 0.471. The second-order valence-electron chi connectivity index (χ2n) is 5.39. The van der Waals surface area contributed by atoms with E-state index in [1.54, 1.807) is 0 Å². The molecule has 0 aliphatic rings. The van der Waals surface area contributed by atoms with Gasteiger partial charge in [-0.3, -0.25) is 4.99 Å². The number of H-pyrrole nitrogens is 1. The van der Waals surface area contributed by atoms with Crippen LogP contribution in [0.5, 0.6) is 0 Å². The van der Waals surface area contributed by atoms with Crippen LogP contribution in [0.1, 0.15) is 30.9 Å². The molecule has 0 unspecified atom stereocenters. The van der Waals surface area contributed by atoms with Gasteiger partial charge in [-0.2, -0.15) is 0 Å². The number of aliphatic imine (C=N–C) groups is 1. The molecule has 0 fully saturated rings. The lowest BCUT2D eigenvalue weighted by Crippen LogP contribution is -2.38. The number of hydrogen-bond acceptors (Lipinski definition) is 1. The Hall–Kier alpha value is -1.97. The first kappa shape index (κ1) is 15.4. The zero-order valence-corrected chi connectivity index (χ0v) is 13.3. The summed E-state index contributed by atoms with van der Waals surface area (Å²) in [6, 6.07) is 6.56. The lowest BCUT2D eigenvalue weighted by Gasteiger charge is -2.11. The van der Waals surface area contributed by atoms with Gasteiger partial charge < -0.3 is 15.6 Å². The SMILES string of the molecule is CCCCNC(=NC)NCCc1c[nH]c2cc(C)ccc12. The molecule has 0 amide bonds. The van der Waals surface area contributed by atoms with Crippen LogP contribution in [0, 0.1) is 6.92 Å². The lowest BCUT2D eigenvalue weighted by molar-refractivity contribution is 0.727. The molecule has 114 valence electrons. The van der Waals surface area contributed by atoms with E-state index < -0.39 is 0 Å². The summed E-state index contributed by atoms with van der Waals surface area (Å²) in [6.45, 7) is 6.17.